The number of rotatable bonds is 2. The van der Waals surface area contributed by atoms with E-state index in [0.717, 1.165) is 17.2 Å². The third-order valence-electron chi connectivity index (χ3n) is 3.77. The van der Waals surface area contributed by atoms with Gasteiger partial charge >= 0.3 is 0 Å². The van der Waals surface area contributed by atoms with E-state index >= 15 is 0 Å². The van der Waals surface area contributed by atoms with Crippen molar-refractivity contribution in [1.82, 2.24) is 14.8 Å². The van der Waals surface area contributed by atoms with Crippen molar-refractivity contribution in [2.45, 2.75) is 26.8 Å². The zero-order valence-electron chi connectivity index (χ0n) is 12.1. The van der Waals surface area contributed by atoms with Gasteiger partial charge in [-0.1, -0.05) is 55.5 Å². The van der Waals surface area contributed by atoms with Gasteiger partial charge in [-0.05, 0) is 19.4 Å². The molecule has 1 aliphatic rings. The Kier molecular flexibility index (Phi) is 3.26. The number of aromatic nitrogens is 3. The summed E-state index contributed by atoms with van der Waals surface area (Å²) in [7, 11) is 0. The molecule has 1 heterocycles. The molecule has 1 aromatic heterocycles. The Morgan fingerprint density at radius 3 is 2.55 bits per heavy atom. The predicted octanol–water partition coefficient (Wildman–Crippen LogP) is 3.95. The van der Waals surface area contributed by atoms with Gasteiger partial charge < -0.3 is 0 Å². The molecule has 0 amide bonds. The summed E-state index contributed by atoms with van der Waals surface area (Å²) in [5.74, 6) is 2.19. The molecule has 0 spiro atoms. The van der Waals surface area contributed by atoms with Crippen molar-refractivity contribution in [2.24, 2.45) is 5.92 Å². The maximum atomic E-state index is 4.64. The highest BCUT2D eigenvalue weighted by Gasteiger charge is 2.25. The molecule has 20 heavy (non-hydrogen) atoms. The number of hydrogen-bond acceptors (Lipinski definition) is 2. The van der Waals surface area contributed by atoms with Crippen LogP contribution in [0, 0.1) is 12.8 Å². The molecule has 0 fully saturated rings. The Balaban J connectivity index is 2.11. The summed E-state index contributed by atoms with van der Waals surface area (Å²) >= 11 is 0. The van der Waals surface area contributed by atoms with E-state index in [-0.39, 0.29) is 6.04 Å². The van der Waals surface area contributed by atoms with Crippen molar-refractivity contribution >= 4 is 0 Å². The van der Waals surface area contributed by atoms with Gasteiger partial charge in [0.05, 0.1) is 6.04 Å². The summed E-state index contributed by atoms with van der Waals surface area (Å²) in [6, 6.07) is 10.5. The molecular weight excluding hydrogens is 246 g/mol. The monoisotopic (exact) mass is 265 g/mol. The highest BCUT2D eigenvalue weighted by Crippen LogP contribution is 2.33. The largest absolute Gasteiger partial charge is 0.238 e. The second-order valence-corrected chi connectivity index (χ2v) is 5.39. The number of aryl methyl sites for hydroxylation is 1. The summed E-state index contributed by atoms with van der Waals surface area (Å²) in [4.78, 5) is 4.63. The Morgan fingerprint density at radius 1 is 1.10 bits per heavy atom. The van der Waals surface area contributed by atoms with Crippen molar-refractivity contribution in [3.8, 4) is 11.4 Å². The fourth-order valence-corrected chi connectivity index (χ4v) is 2.82. The molecule has 0 N–H and O–H groups in total. The standard InChI is InChI=1S/C17H19N3/c1-12-8-7-9-13(2)16(12)20-17(18-14(3)19-20)15-10-5-4-6-11-15/h4-12,16H,1-3H3. The molecule has 0 aliphatic heterocycles. The molecule has 3 rings (SSSR count). The van der Waals surface area contributed by atoms with Crippen LogP contribution in [0.3, 0.4) is 0 Å². The lowest BCUT2D eigenvalue weighted by Crippen LogP contribution is -2.21. The second kappa shape index (κ2) is 5.08. The van der Waals surface area contributed by atoms with Crippen LogP contribution in [0.5, 0.6) is 0 Å². The first kappa shape index (κ1) is 12.9. The van der Waals surface area contributed by atoms with E-state index in [1.807, 2.05) is 25.1 Å². The minimum absolute atomic E-state index is 0.247. The maximum absolute atomic E-state index is 4.64. The van der Waals surface area contributed by atoms with Crippen LogP contribution < -0.4 is 0 Å². The summed E-state index contributed by atoms with van der Waals surface area (Å²) in [6.07, 6.45) is 6.52. The van der Waals surface area contributed by atoms with Crippen LogP contribution in [-0.4, -0.2) is 14.8 Å². The fraction of sp³-hybridized carbons (Fsp3) is 0.294. The Bertz CT molecular complexity index is 665. The van der Waals surface area contributed by atoms with E-state index in [1.165, 1.54) is 5.57 Å². The van der Waals surface area contributed by atoms with Crippen molar-refractivity contribution in [2.75, 3.05) is 0 Å². The van der Waals surface area contributed by atoms with Crippen LogP contribution in [0.1, 0.15) is 25.7 Å². The Labute approximate surface area is 119 Å². The molecule has 0 bridgehead atoms. The van der Waals surface area contributed by atoms with E-state index < -0.39 is 0 Å². The van der Waals surface area contributed by atoms with E-state index in [0.29, 0.717) is 5.92 Å². The average Bonchev–Trinajstić information content (AvgIpc) is 2.81. The SMILES string of the molecule is CC1=CC=CC(C)C1n1nc(C)nc1-c1ccccc1. The van der Waals surface area contributed by atoms with E-state index in [4.69, 9.17) is 0 Å². The van der Waals surface area contributed by atoms with E-state index in [9.17, 15) is 0 Å². The third kappa shape index (κ3) is 2.20. The van der Waals surface area contributed by atoms with Gasteiger partial charge in [-0.25, -0.2) is 9.67 Å². The van der Waals surface area contributed by atoms with Crippen LogP contribution in [0.4, 0.5) is 0 Å². The van der Waals surface area contributed by atoms with Gasteiger partial charge in [0.1, 0.15) is 5.82 Å². The molecule has 0 radical (unpaired) electrons. The first-order valence-electron chi connectivity index (χ1n) is 7.00. The van der Waals surface area contributed by atoms with Gasteiger partial charge in [0.25, 0.3) is 0 Å². The first-order chi connectivity index (χ1) is 9.66. The molecule has 1 aliphatic carbocycles. The Morgan fingerprint density at radius 2 is 1.85 bits per heavy atom. The molecular formula is C17H19N3. The van der Waals surface area contributed by atoms with Crippen molar-refractivity contribution < 1.29 is 0 Å². The van der Waals surface area contributed by atoms with E-state index in [2.05, 4.69) is 59.0 Å². The molecule has 1 aromatic carbocycles. The predicted molar refractivity (Wildman–Crippen MR) is 81.3 cm³/mol. The average molecular weight is 265 g/mol. The first-order valence-corrected chi connectivity index (χ1v) is 7.00. The fourth-order valence-electron chi connectivity index (χ4n) is 2.82. The molecule has 0 saturated heterocycles. The van der Waals surface area contributed by atoms with Crippen LogP contribution >= 0.6 is 0 Å². The van der Waals surface area contributed by atoms with Crippen LogP contribution in [0.2, 0.25) is 0 Å². The number of allylic oxidation sites excluding steroid dienone is 4. The lowest BCUT2D eigenvalue weighted by Gasteiger charge is -2.26. The third-order valence-corrected chi connectivity index (χ3v) is 3.77. The highest BCUT2D eigenvalue weighted by molar-refractivity contribution is 5.55. The van der Waals surface area contributed by atoms with Crippen LogP contribution in [0.15, 0.2) is 54.1 Å². The van der Waals surface area contributed by atoms with Gasteiger partial charge in [-0.3, -0.25) is 0 Å². The molecule has 0 saturated carbocycles. The smallest absolute Gasteiger partial charge is 0.158 e. The molecule has 2 atom stereocenters. The van der Waals surface area contributed by atoms with Crippen molar-refractivity contribution in [1.29, 1.82) is 0 Å². The quantitative estimate of drug-likeness (QED) is 0.823. The minimum atomic E-state index is 0.247. The molecule has 2 unspecified atom stereocenters. The summed E-state index contributed by atoms with van der Waals surface area (Å²) in [6.45, 7) is 6.34. The normalized spacial score (nSPS) is 21.9. The maximum Gasteiger partial charge on any atom is 0.158 e. The second-order valence-electron chi connectivity index (χ2n) is 5.39. The molecule has 3 nitrogen and oxygen atoms in total. The molecule has 102 valence electrons. The zero-order valence-corrected chi connectivity index (χ0v) is 12.1. The lowest BCUT2D eigenvalue weighted by molar-refractivity contribution is 0.424. The summed E-state index contributed by atoms with van der Waals surface area (Å²) < 4.78 is 2.07. The Hall–Kier alpha value is -2.16. The van der Waals surface area contributed by atoms with Gasteiger partial charge in [0, 0.05) is 11.5 Å². The van der Waals surface area contributed by atoms with Gasteiger partial charge in [-0.2, -0.15) is 5.10 Å². The molecule has 3 heteroatoms. The summed E-state index contributed by atoms with van der Waals surface area (Å²) in [5, 5.41) is 4.64. The number of nitrogens with zero attached hydrogens (tertiary/aromatic N) is 3. The molecule has 2 aromatic rings. The van der Waals surface area contributed by atoms with Gasteiger partial charge in [0.15, 0.2) is 5.82 Å². The van der Waals surface area contributed by atoms with E-state index in [1.54, 1.807) is 0 Å². The van der Waals surface area contributed by atoms with Crippen molar-refractivity contribution in [3.63, 3.8) is 0 Å². The van der Waals surface area contributed by atoms with Crippen LogP contribution in [0.25, 0.3) is 11.4 Å². The summed E-state index contributed by atoms with van der Waals surface area (Å²) in [5.41, 5.74) is 2.43. The topological polar surface area (TPSA) is 30.7 Å². The highest BCUT2D eigenvalue weighted by atomic mass is 15.4. The number of benzene rings is 1. The van der Waals surface area contributed by atoms with Gasteiger partial charge in [-0.15, -0.1) is 0 Å². The zero-order chi connectivity index (χ0) is 14.1. The van der Waals surface area contributed by atoms with Crippen molar-refractivity contribution in [3.05, 3.63) is 60.0 Å². The number of hydrogen-bond donors (Lipinski definition) is 0. The lowest BCUT2D eigenvalue weighted by atomic mass is 9.91. The van der Waals surface area contributed by atoms with Gasteiger partial charge in [0.2, 0.25) is 0 Å². The minimum Gasteiger partial charge on any atom is -0.238 e. The van der Waals surface area contributed by atoms with Crippen LogP contribution in [-0.2, 0) is 0 Å².